The number of carbonyl (C=O) groups excluding carboxylic acids is 1. The van der Waals surface area contributed by atoms with E-state index in [1.807, 2.05) is 6.92 Å². The van der Waals surface area contributed by atoms with Crippen molar-refractivity contribution in [3.8, 4) is 17.2 Å². The van der Waals surface area contributed by atoms with Gasteiger partial charge >= 0.3 is 0 Å². The van der Waals surface area contributed by atoms with Crippen molar-refractivity contribution < 1.29 is 19.0 Å². The fourth-order valence-corrected chi connectivity index (χ4v) is 3.98. The number of fused-ring (bicyclic) bond motifs is 1. The number of ether oxygens (including phenoxy) is 3. The number of hydrogen-bond donors (Lipinski definition) is 0. The molecule has 0 bridgehead atoms. The van der Waals surface area contributed by atoms with Crippen LogP contribution in [-0.4, -0.2) is 35.2 Å². The summed E-state index contributed by atoms with van der Waals surface area (Å²) in [5.41, 5.74) is 0.936. The number of methoxy groups -OCH3 is 1. The average Bonchev–Trinajstić information content (AvgIpc) is 2.99. The highest BCUT2D eigenvalue weighted by atomic mass is 35.5. The number of benzene rings is 1. The lowest BCUT2D eigenvalue weighted by Gasteiger charge is -2.22. The highest BCUT2D eigenvalue weighted by Crippen LogP contribution is 2.49. The first-order valence-electron chi connectivity index (χ1n) is 8.36. The molecule has 0 fully saturated rings. The lowest BCUT2D eigenvalue weighted by atomic mass is 10.0. The minimum atomic E-state index is -0.862. The molecule has 0 amide bonds. The molecule has 8 heteroatoms. The fourth-order valence-electron chi connectivity index (χ4n) is 2.78. The highest BCUT2D eigenvalue weighted by Gasteiger charge is 2.41. The molecule has 1 atom stereocenters. The molecule has 1 aromatic heterocycles. The van der Waals surface area contributed by atoms with Crippen LogP contribution < -0.4 is 14.2 Å². The molecule has 5 nitrogen and oxygen atoms in total. The van der Waals surface area contributed by atoms with E-state index in [4.69, 9.17) is 37.4 Å². The molecule has 0 aliphatic carbocycles. The number of ketones is 1. The maximum absolute atomic E-state index is 13.0. The summed E-state index contributed by atoms with van der Waals surface area (Å²) in [6.45, 7) is 3.91. The summed E-state index contributed by atoms with van der Waals surface area (Å²) in [6.07, 6.45) is 2.96. The second-order valence-corrected chi connectivity index (χ2v) is 8.22. The summed E-state index contributed by atoms with van der Waals surface area (Å²) in [6, 6.07) is 3.37. The van der Waals surface area contributed by atoms with Crippen molar-refractivity contribution in [3.05, 3.63) is 45.7 Å². The van der Waals surface area contributed by atoms with Gasteiger partial charge in [-0.15, -0.1) is 0 Å². The molecule has 3 rings (SSSR count). The van der Waals surface area contributed by atoms with Crippen LogP contribution in [-0.2, 0) is 6.42 Å². The van der Waals surface area contributed by atoms with Gasteiger partial charge in [0.05, 0.1) is 28.5 Å². The zero-order chi connectivity index (χ0) is 19.6. The van der Waals surface area contributed by atoms with E-state index in [2.05, 4.69) is 11.9 Å². The Hall–Kier alpha value is -1.63. The van der Waals surface area contributed by atoms with Crippen LogP contribution in [0, 0.1) is 0 Å². The Labute approximate surface area is 172 Å². The Morgan fingerprint density at radius 3 is 2.52 bits per heavy atom. The quantitative estimate of drug-likeness (QED) is 0.575. The number of halogens is 2. The Balaban J connectivity index is 1.94. The van der Waals surface area contributed by atoms with E-state index in [9.17, 15) is 4.79 Å². The molecule has 1 unspecified atom stereocenters. The first-order valence-corrected chi connectivity index (χ1v) is 10.3. The molecule has 0 spiro atoms. The van der Waals surface area contributed by atoms with Crippen molar-refractivity contribution >= 4 is 40.7 Å². The third-order valence-corrected chi connectivity index (χ3v) is 5.88. The molecule has 1 aliphatic heterocycles. The maximum Gasteiger partial charge on any atom is 0.258 e. The largest absolute Gasteiger partial charge is 0.493 e. The van der Waals surface area contributed by atoms with Gasteiger partial charge in [-0.05, 0) is 17.9 Å². The van der Waals surface area contributed by atoms with Gasteiger partial charge in [0.15, 0.2) is 17.3 Å². The molecule has 1 aromatic carbocycles. The lowest BCUT2D eigenvalue weighted by molar-refractivity contribution is -0.0393. The van der Waals surface area contributed by atoms with Crippen molar-refractivity contribution in [1.29, 1.82) is 0 Å². The van der Waals surface area contributed by atoms with Gasteiger partial charge in [-0.25, -0.2) is 0 Å². The molecular formula is C19H19Cl2NO4S. The Bertz CT molecular complexity index is 857. The van der Waals surface area contributed by atoms with Crippen LogP contribution in [0.25, 0.3) is 0 Å². The van der Waals surface area contributed by atoms with Crippen LogP contribution in [0.2, 0.25) is 10.0 Å². The number of nitrogens with zero attached hydrogens (tertiary/aromatic N) is 1. The molecule has 2 aromatic rings. The van der Waals surface area contributed by atoms with Gasteiger partial charge in [-0.2, -0.15) is 11.8 Å². The summed E-state index contributed by atoms with van der Waals surface area (Å²) in [5.74, 6) is 1.86. The molecule has 0 saturated carbocycles. The predicted octanol–water partition coefficient (Wildman–Crippen LogP) is 5.06. The topological polar surface area (TPSA) is 57.7 Å². The van der Waals surface area contributed by atoms with E-state index >= 15 is 0 Å². The molecular weight excluding hydrogens is 409 g/mol. The zero-order valence-electron chi connectivity index (χ0n) is 15.2. The fraction of sp³-hybridized carbons (Fsp3) is 0.368. The molecule has 1 aliphatic rings. The predicted molar refractivity (Wildman–Crippen MR) is 108 cm³/mol. The number of pyridine rings is 1. The standard InChI is InChI=1S/C19H19Cl2NO4S/c1-4-27-10-19(2)25-17-11(5-6-16(24-3)18(17)26-19)15(23)7-12-13(20)8-22-9-14(12)21/h5-6,8-9H,4,7,10H2,1-3H3. The number of thioether (sulfide) groups is 1. The summed E-state index contributed by atoms with van der Waals surface area (Å²) in [4.78, 5) is 16.9. The lowest BCUT2D eigenvalue weighted by Crippen LogP contribution is -2.37. The maximum atomic E-state index is 13.0. The summed E-state index contributed by atoms with van der Waals surface area (Å²) in [7, 11) is 1.55. The third kappa shape index (κ3) is 4.13. The van der Waals surface area contributed by atoms with Gasteiger partial charge in [0.1, 0.15) is 0 Å². The molecule has 27 heavy (non-hydrogen) atoms. The minimum Gasteiger partial charge on any atom is -0.493 e. The van der Waals surface area contributed by atoms with E-state index in [1.165, 1.54) is 12.4 Å². The van der Waals surface area contributed by atoms with Crippen LogP contribution in [0.5, 0.6) is 17.2 Å². The van der Waals surface area contributed by atoms with Gasteiger partial charge in [0.25, 0.3) is 5.79 Å². The number of carbonyl (C=O) groups is 1. The van der Waals surface area contributed by atoms with Crippen LogP contribution >= 0.6 is 35.0 Å². The van der Waals surface area contributed by atoms with E-state index < -0.39 is 5.79 Å². The van der Waals surface area contributed by atoms with Gasteiger partial charge in [0.2, 0.25) is 5.75 Å². The van der Waals surface area contributed by atoms with Gasteiger partial charge < -0.3 is 14.2 Å². The molecule has 2 heterocycles. The average molecular weight is 428 g/mol. The number of Topliss-reactive ketones (excluding diaryl/α,β-unsaturated/α-hetero) is 1. The van der Waals surface area contributed by atoms with Crippen LogP contribution in [0.1, 0.15) is 29.8 Å². The van der Waals surface area contributed by atoms with E-state index in [0.29, 0.717) is 44.2 Å². The Kier molecular flexibility index (Phi) is 6.08. The normalized spacial score (nSPS) is 17.8. The zero-order valence-corrected chi connectivity index (χ0v) is 17.5. The SMILES string of the molecule is CCSCC1(C)Oc2c(OC)ccc(C(=O)Cc3c(Cl)cncc3Cl)c2O1. The molecule has 144 valence electrons. The van der Waals surface area contributed by atoms with Gasteiger partial charge in [-0.1, -0.05) is 30.1 Å². The van der Waals surface area contributed by atoms with E-state index in [0.717, 1.165) is 5.75 Å². The monoisotopic (exact) mass is 427 g/mol. The number of rotatable bonds is 7. The van der Waals surface area contributed by atoms with Gasteiger partial charge in [0, 0.05) is 31.3 Å². The Morgan fingerprint density at radius 1 is 1.22 bits per heavy atom. The number of hydrogen-bond acceptors (Lipinski definition) is 6. The van der Waals surface area contributed by atoms with E-state index in [-0.39, 0.29) is 12.2 Å². The van der Waals surface area contributed by atoms with Gasteiger partial charge in [-0.3, -0.25) is 9.78 Å². The van der Waals surface area contributed by atoms with Crippen molar-refractivity contribution in [2.75, 3.05) is 18.6 Å². The third-order valence-electron chi connectivity index (χ3n) is 4.09. The summed E-state index contributed by atoms with van der Waals surface area (Å²) in [5, 5.41) is 0.699. The second-order valence-electron chi connectivity index (χ2n) is 6.13. The van der Waals surface area contributed by atoms with Crippen molar-refractivity contribution in [2.45, 2.75) is 26.1 Å². The first-order chi connectivity index (χ1) is 12.9. The number of aromatic nitrogens is 1. The van der Waals surface area contributed by atoms with Crippen molar-refractivity contribution in [1.82, 2.24) is 4.98 Å². The molecule has 0 saturated heterocycles. The highest BCUT2D eigenvalue weighted by molar-refractivity contribution is 7.99. The second kappa shape index (κ2) is 8.17. The van der Waals surface area contributed by atoms with Crippen molar-refractivity contribution in [2.24, 2.45) is 0 Å². The molecule has 0 radical (unpaired) electrons. The summed E-state index contributed by atoms with van der Waals surface area (Å²) >= 11 is 14.0. The first kappa shape index (κ1) is 20.1. The summed E-state index contributed by atoms with van der Waals surface area (Å²) < 4.78 is 17.5. The smallest absolute Gasteiger partial charge is 0.258 e. The van der Waals surface area contributed by atoms with Crippen LogP contribution in [0.4, 0.5) is 0 Å². The van der Waals surface area contributed by atoms with E-state index in [1.54, 1.807) is 31.0 Å². The minimum absolute atomic E-state index is 0.0305. The van der Waals surface area contributed by atoms with Crippen LogP contribution in [0.3, 0.4) is 0 Å². The van der Waals surface area contributed by atoms with Crippen LogP contribution in [0.15, 0.2) is 24.5 Å². The van der Waals surface area contributed by atoms with Crippen molar-refractivity contribution in [3.63, 3.8) is 0 Å². The molecule has 0 N–H and O–H groups in total. The Morgan fingerprint density at radius 2 is 1.89 bits per heavy atom.